The second kappa shape index (κ2) is 3.49. The highest BCUT2D eigenvalue weighted by Gasteiger charge is 2.53. The normalized spacial score (nSPS) is 24.9. The highest BCUT2D eigenvalue weighted by atomic mass is 32.2. The standard InChI is InChI=1S/C10H19NO2S/c1-2-7-14(12,13)11-8-10(5-6-10)9-3-4-9/h9,11H,2-8H2,1H3. The zero-order chi connectivity index (χ0) is 10.2. The van der Waals surface area contributed by atoms with Gasteiger partial charge in [0.05, 0.1) is 5.75 Å². The first-order valence-corrected chi connectivity index (χ1v) is 7.20. The molecule has 2 aliphatic carbocycles. The Morgan fingerprint density at radius 3 is 2.43 bits per heavy atom. The average Bonchev–Trinajstić information content (AvgIpc) is 2.96. The van der Waals surface area contributed by atoms with E-state index in [-0.39, 0.29) is 5.75 Å². The number of hydrogen-bond donors (Lipinski definition) is 1. The molecule has 2 rings (SSSR count). The van der Waals surface area contributed by atoms with Crippen molar-refractivity contribution in [3.05, 3.63) is 0 Å². The van der Waals surface area contributed by atoms with Gasteiger partial charge in [-0.25, -0.2) is 13.1 Å². The van der Waals surface area contributed by atoms with E-state index in [2.05, 4.69) is 4.72 Å². The Kier molecular flexibility index (Phi) is 2.60. The molecule has 2 saturated carbocycles. The van der Waals surface area contributed by atoms with Gasteiger partial charge in [0, 0.05) is 6.54 Å². The van der Waals surface area contributed by atoms with Crippen molar-refractivity contribution < 1.29 is 8.42 Å². The van der Waals surface area contributed by atoms with Crippen LogP contribution >= 0.6 is 0 Å². The molecule has 0 aliphatic heterocycles. The fourth-order valence-corrected chi connectivity index (χ4v) is 3.37. The first-order valence-electron chi connectivity index (χ1n) is 5.55. The number of sulfonamides is 1. The Morgan fingerprint density at radius 2 is 2.00 bits per heavy atom. The highest BCUT2D eigenvalue weighted by Crippen LogP contribution is 2.60. The van der Waals surface area contributed by atoms with Crippen molar-refractivity contribution in [1.82, 2.24) is 4.72 Å². The Balaban J connectivity index is 1.82. The second-order valence-electron chi connectivity index (χ2n) is 4.78. The largest absolute Gasteiger partial charge is 0.215 e. The van der Waals surface area contributed by atoms with Crippen LogP contribution in [-0.4, -0.2) is 20.7 Å². The maximum atomic E-state index is 11.4. The first kappa shape index (κ1) is 10.4. The Morgan fingerprint density at radius 1 is 1.36 bits per heavy atom. The third-order valence-corrected chi connectivity index (χ3v) is 4.98. The van der Waals surface area contributed by atoms with Gasteiger partial charge in [0.2, 0.25) is 10.0 Å². The SMILES string of the molecule is CCCS(=O)(=O)NCC1(C2CC2)CC1. The second-order valence-corrected chi connectivity index (χ2v) is 6.70. The summed E-state index contributed by atoms with van der Waals surface area (Å²) in [6.45, 7) is 2.59. The fourth-order valence-electron chi connectivity index (χ4n) is 2.18. The van der Waals surface area contributed by atoms with E-state index >= 15 is 0 Å². The minimum absolute atomic E-state index is 0.272. The molecular weight excluding hydrogens is 198 g/mol. The van der Waals surface area contributed by atoms with Gasteiger partial charge in [-0.3, -0.25) is 0 Å². The van der Waals surface area contributed by atoms with Crippen LogP contribution in [0.3, 0.4) is 0 Å². The molecule has 0 aromatic heterocycles. The summed E-state index contributed by atoms with van der Waals surface area (Å²) in [5.41, 5.74) is 0.376. The van der Waals surface area contributed by atoms with Crippen LogP contribution < -0.4 is 4.72 Å². The van der Waals surface area contributed by atoms with Crippen LogP contribution in [0.1, 0.15) is 39.0 Å². The lowest BCUT2D eigenvalue weighted by Gasteiger charge is -2.14. The Hall–Kier alpha value is -0.0900. The quantitative estimate of drug-likeness (QED) is 0.733. The zero-order valence-corrected chi connectivity index (χ0v) is 9.57. The summed E-state index contributed by atoms with van der Waals surface area (Å²) in [6.07, 6.45) is 5.79. The minimum atomic E-state index is -2.98. The highest BCUT2D eigenvalue weighted by molar-refractivity contribution is 7.89. The van der Waals surface area contributed by atoms with E-state index in [1.165, 1.54) is 25.7 Å². The zero-order valence-electron chi connectivity index (χ0n) is 8.75. The molecule has 0 amide bonds. The van der Waals surface area contributed by atoms with E-state index in [0.717, 1.165) is 5.92 Å². The van der Waals surface area contributed by atoms with Crippen LogP contribution in [0.5, 0.6) is 0 Å². The molecule has 2 aliphatic rings. The first-order chi connectivity index (χ1) is 6.58. The predicted molar refractivity (Wildman–Crippen MR) is 56.5 cm³/mol. The van der Waals surface area contributed by atoms with Gasteiger partial charge in [-0.05, 0) is 43.4 Å². The fraction of sp³-hybridized carbons (Fsp3) is 1.00. The van der Waals surface area contributed by atoms with Crippen LogP contribution in [0.4, 0.5) is 0 Å². The van der Waals surface area contributed by atoms with E-state index in [9.17, 15) is 8.42 Å². The Labute approximate surface area is 86.3 Å². The maximum Gasteiger partial charge on any atom is 0.211 e. The summed E-state index contributed by atoms with van der Waals surface area (Å²) in [6, 6.07) is 0. The molecule has 3 nitrogen and oxygen atoms in total. The molecule has 0 spiro atoms. The molecule has 14 heavy (non-hydrogen) atoms. The minimum Gasteiger partial charge on any atom is -0.215 e. The van der Waals surface area contributed by atoms with Crippen LogP contribution in [0.25, 0.3) is 0 Å². The van der Waals surface area contributed by atoms with Crippen molar-refractivity contribution in [1.29, 1.82) is 0 Å². The molecular formula is C10H19NO2S. The van der Waals surface area contributed by atoms with E-state index in [4.69, 9.17) is 0 Å². The molecule has 0 heterocycles. The summed E-state index contributed by atoms with van der Waals surface area (Å²) >= 11 is 0. The van der Waals surface area contributed by atoms with E-state index in [1.54, 1.807) is 0 Å². The third kappa shape index (κ3) is 2.28. The maximum absolute atomic E-state index is 11.4. The van der Waals surface area contributed by atoms with E-state index in [0.29, 0.717) is 18.4 Å². The summed E-state index contributed by atoms with van der Waals surface area (Å²) < 4.78 is 25.6. The van der Waals surface area contributed by atoms with Gasteiger partial charge in [-0.15, -0.1) is 0 Å². The average molecular weight is 217 g/mol. The van der Waals surface area contributed by atoms with Crippen molar-refractivity contribution in [3.63, 3.8) is 0 Å². The third-order valence-electron chi connectivity index (χ3n) is 3.45. The number of rotatable bonds is 6. The van der Waals surface area contributed by atoms with Gasteiger partial charge in [-0.2, -0.15) is 0 Å². The van der Waals surface area contributed by atoms with Gasteiger partial charge < -0.3 is 0 Å². The van der Waals surface area contributed by atoms with Crippen molar-refractivity contribution >= 4 is 10.0 Å². The van der Waals surface area contributed by atoms with Crippen molar-refractivity contribution in [2.45, 2.75) is 39.0 Å². The molecule has 82 valence electrons. The van der Waals surface area contributed by atoms with Crippen molar-refractivity contribution in [2.75, 3.05) is 12.3 Å². The van der Waals surface area contributed by atoms with Crippen molar-refractivity contribution in [3.8, 4) is 0 Å². The summed E-state index contributed by atoms with van der Waals surface area (Å²) in [5, 5.41) is 0. The molecule has 0 bridgehead atoms. The lowest BCUT2D eigenvalue weighted by atomic mass is 10.0. The van der Waals surface area contributed by atoms with Crippen LogP contribution in [-0.2, 0) is 10.0 Å². The molecule has 0 aromatic rings. The van der Waals surface area contributed by atoms with Crippen LogP contribution in [0.15, 0.2) is 0 Å². The number of hydrogen-bond acceptors (Lipinski definition) is 2. The van der Waals surface area contributed by atoms with E-state index in [1.807, 2.05) is 6.92 Å². The predicted octanol–water partition coefficient (Wildman–Crippen LogP) is 1.51. The van der Waals surface area contributed by atoms with Gasteiger partial charge >= 0.3 is 0 Å². The summed E-state index contributed by atoms with van der Waals surface area (Å²) in [4.78, 5) is 0. The van der Waals surface area contributed by atoms with Crippen molar-refractivity contribution in [2.24, 2.45) is 11.3 Å². The van der Waals surface area contributed by atoms with Gasteiger partial charge in [0.15, 0.2) is 0 Å². The van der Waals surface area contributed by atoms with Gasteiger partial charge in [0.25, 0.3) is 0 Å². The molecule has 0 atom stereocenters. The van der Waals surface area contributed by atoms with Crippen LogP contribution in [0.2, 0.25) is 0 Å². The van der Waals surface area contributed by atoms with Gasteiger partial charge in [0.1, 0.15) is 0 Å². The molecule has 0 saturated heterocycles. The monoisotopic (exact) mass is 217 g/mol. The summed E-state index contributed by atoms with van der Waals surface area (Å²) in [7, 11) is -2.98. The van der Waals surface area contributed by atoms with Crippen LogP contribution in [0, 0.1) is 11.3 Å². The van der Waals surface area contributed by atoms with Gasteiger partial charge in [-0.1, -0.05) is 6.92 Å². The molecule has 1 N–H and O–H groups in total. The molecule has 0 unspecified atom stereocenters. The molecule has 0 radical (unpaired) electrons. The summed E-state index contributed by atoms with van der Waals surface area (Å²) in [5.74, 6) is 1.10. The lowest BCUT2D eigenvalue weighted by molar-refractivity contribution is 0.432. The molecule has 2 fully saturated rings. The molecule has 0 aromatic carbocycles. The lowest BCUT2D eigenvalue weighted by Crippen LogP contribution is -2.32. The Bertz CT molecular complexity index is 302. The number of nitrogens with one attached hydrogen (secondary N) is 1. The van der Waals surface area contributed by atoms with E-state index < -0.39 is 10.0 Å². The molecule has 4 heteroatoms. The topological polar surface area (TPSA) is 46.2 Å². The smallest absolute Gasteiger partial charge is 0.211 e.